The maximum absolute atomic E-state index is 4.66. The van der Waals surface area contributed by atoms with Crippen LogP contribution in [0.25, 0.3) is 17.3 Å². The predicted molar refractivity (Wildman–Crippen MR) is 106 cm³/mol. The molecule has 1 atom stereocenters. The van der Waals surface area contributed by atoms with Crippen molar-refractivity contribution in [2.45, 2.75) is 11.8 Å². The van der Waals surface area contributed by atoms with Crippen molar-refractivity contribution in [3.8, 4) is 11.3 Å². The number of thiazole rings is 1. The Morgan fingerprint density at radius 2 is 1.73 bits per heavy atom. The van der Waals surface area contributed by atoms with Crippen molar-refractivity contribution in [3.05, 3.63) is 100 Å². The fourth-order valence-electron chi connectivity index (χ4n) is 3.77. The minimum absolute atomic E-state index is 0.255. The van der Waals surface area contributed by atoms with Crippen molar-refractivity contribution in [2.75, 3.05) is 0 Å². The fraction of sp³-hybridized carbons (Fsp3) is 0.0909. The molecule has 0 saturated carbocycles. The van der Waals surface area contributed by atoms with Crippen LogP contribution < -0.4 is 0 Å². The van der Waals surface area contributed by atoms with E-state index < -0.39 is 0 Å². The summed E-state index contributed by atoms with van der Waals surface area (Å²) in [5.41, 5.74) is 8.48. The molecule has 0 spiro atoms. The molecule has 0 bridgehead atoms. The molecule has 1 aliphatic rings. The Morgan fingerprint density at radius 3 is 2.46 bits per heavy atom. The molecule has 2 aromatic heterocycles. The van der Waals surface area contributed by atoms with Crippen molar-refractivity contribution >= 4 is 17.4 Å². The molecule has 0 aliphatic heterocycles. The molecule has 5 rings (SSSR count). The number of fused-ring (bicyclic) bond motifs is 1. The smallest absolute Gasteiger partial charge is 0.0995 e. The molecule has 3 nitrogen and oxygen atoms in total. The summed E-state index contributed by atoms with van der Waals surface area (Å²) in [6, 6.07) is 20.9. The van der Waals surface area contributed by atoms with Crippen LogP contribution in [0.15, 0.2) is 77.6 Å². The number of benzene rings is 2. The van der Waals surface area contributed by atoms with Crippen LogP contribution in [0.5, 0.6) is 0 Å². The number of nitrogens with one attached hydrogen (secondary N) is 1. The number of rotatable bonds is 3. The zero-order chi connectivity index (χ0) is 17.4. The molecule has 2 heterocycles. The Hall–Kier alpha value is -2.98. The quantitative estimate of drug-likeness (QED) is 0.556. The van der Waals surface area contributed by atoms with Crippen LogP contribution in [0.4, 0.5) is 0 Å². The Morgan fingerprint density at radius 1 is 0.962 bits per heavy atom. The highest BCUT2D eigenvalue weighted by atomic mass is 32.1. The van der Waals surface area contributed by atoms with E-state index in [1.54, 1.807) is 11.3 Å². The van der Waals surface area contributed by atoms with Crippen LogP contribution >= 0.6 is 11.3 Å². The molecule has 1 aliphatic carbocycles. The number of aromatic amines is 1. The average Bonchev–Trinajstić information content (AvgIpc) is 3.39. The zero-order valence-electron chi connectivity index (χ0n) is 14.1. The van der Waals surface area contributed by atoms with Crippen molar-refractivity contribution in [2.24, 2.45) is 0 Å². The summed E-state index contributed by atoms with van der Waals surface area (Å²) in [5, 5.41) is 10.0. The molecule has 26 heavy (non-hydrogen) atoms. The molecule has 2 aromatic carbocycles. The van der Waals surface area contributed by atoms with Gasteiger partial charge in [0.1, 0.15) is 0 Å². The molecule has 0 amide bonds. The van der Waals surface area contributed by atoms with E-state index in [-0.39, 0.29) is 5.41 Å². The topological polar surface area (TPSA) is 41.6 Å². The lowest BCUT2D eigenvalue weighted by molar-refractivity contribution is 0.605. The monoisotopic (exact) mass is 355 g/mol. The summed E-state index contributed by atoms with van der Waals surface area (Å²) in [6.45, 7) is 0. The van der Waals surface area contributed by atoms with Gasteiger partial charge in [-0.3, -0.25) is 5.10 Å². The first kappa shape index (κ1) is 15.3. The summed E-state index contributed by atoms with van der Waals surface area (Å²) >= 11 is 1.64. The normalized spacial score (nSPS) is 18.6. The lowest BCUT2D eigenvalue weighted by Crippen LogP contribution is -2.30. The summed E-state index contributed by atoms with van der Waals surface area (Å²) < 4.78 is 0. The van der Waals surface area contributed by atoms with Crippen LogP contribution in [0.2, 0.25) is 0 Å². The van der Waals surface area contributed by atoms with E-state index in [1.165, 1.54) is 11.1 Å². The van der Waals surface area contributed by atoms with Crippen molar-refractivity contribution in [1.82, 2.24) is 15.2 Å². The maximum atomic E-state index is 4.66. The van der Waals surface area contributed by atoms with Gasteiger partial charge in [-0.25, -0.2) is 4.98 Å². The van der Waals surface area contributed by atoms with Gasteiger partial charge in [0.25, 0.3) is 0 Å². The van der Waals surface area contributed by atoms with E-state index in [4.69, 9.17) is 0 Å². The van der Waals surface area contributed by atoms with Crippen LogP contribution in [0.1, 0.15) is 22.5 Å². The molecular weight excluding hydrogens is 338 g/mol. The Kier molecular flexibility index (Phi) is 3.57. The second-order valence-corrected chi connectivity index (χ2v) is 7.27. The largest absolute Gasteiger partial charge is 0.281 e. The first-order valence-electron chi connectivity index (χ1n) is 8.63. The highest BCUT2D eigenvalue weighted by molar-refractivity contribution is 7.07. The highest BCUT2D eigenvalue weighted by Crippen LogP contribution is 2.42. The molecule has 0 fully saturated rings. The standard InChI is InChI=1S/C22H17N3S/c1-3-7-16(8-4-1)21-18-11-12-22(13-19(18)24-25-21,20-14-26-15-23-20)17-9-5-2-6-10-17/h1-12,14-15H,13H2,(H,24,25). The zero-order valence-corrected chi connectivity index (χ0v) is 14.9. The van der Waals surface area contributed by atoms with E-state index in [0.717, 1.165) is 29.1 Å². The summed E-state index contributed by atoms with van der Waals surface area (Å²) in [4.78, 5) is 4.66. The number of nitrogens with zero attached hydrogens (tertiary/aromatic N) is 2. The highest BCUT2D eigenvalue weighted by Gasteiger charge is 2.38. The molecule has 126 valence electrons. The molecule has 1 unspecified atom stereocenters. The van der Waals surface area contributed by atoms with Gasteiger partial charge in [0.15, 0.2) is 0 Å². The third kappa shape index (κ3) is 2.34. The first-order valence-corrected chi connectivity index (χ1v) is 9.57. The van der Waals surface area contributed by atoms with E-state index in [0.29, 0.717) is 0 Å². The van der Waals surface area contributed by atoms with E-state index in [2.05, 4.69) is 75.2 Å². The van der Waals surface area contributed by atoms with Crippen molar-refractivity contribution in [3.63, 3.8) is 0 Å². The van der Waals surface area contributed by atoms with Gasteiger partial charge in [-0.15, -0.1) is 11.3 Å². The SMILES string of the molecule is C1=CC(c2ccccc2)(c2cscn2)Cc2[nH]nc(-c3ccccc3)c21. The summed E-state index contributed by atoms with van der Waals surface area (Å²) in [5.74, 6) is 0. The Bertz CT molecular complexity index is 1050. The molecule has 0 radical (unpaired) electrons. The molecule has 4 aromatic rings. The van der Waals surface area contributed by atoms with Crippen LogP contribution in [0.3, 0.4) is 0 Å². The third-order valence-electron chi connectivity index (χ3n) is 5.10. The van der Waals surface area contributed by atoms with Gasteiger partial charge in [0, 0.05) is 28.6 Å². The van der Waals surface area contributed by atoms with Crippen molar-refractivity contribution in [1.29, 1.82) is 0 Å². The third-order valence-corrected chi connectivity index (χ3v) is 5.69. The number of hydrogen-bond acceptors (Lipinski definition) is 3. The van der Waals surface area contributed by atoms with Crippen molar-refractivity contribution < 1.29 is 0 Å². The summed E-state index contributed by atoms with van der Waals surface area (Å²) in [7, 11) is 0. The van der Waals surface area contributed by atoms with Crippen LogP contribution in [0, 0.1) is 0 Å². The van der Waals surface area contributed by atoms with Gasteiger partial charge < -0.3 is 0 Å². The van der Waals surface area contributed by atoms with E-state index in [1.807, 2.05) is 23.7 Å². The van der Waals surface area contributed by atoms with Gasteiger partial charge in [-0.2, -0.15) is 5.10 Å². The lowest BCUT2D eigenvalue weighted by atomic mass is 9.71. The molecule has 4 heteroatoms. The van der Waals surface area contributed by atoms with Gasteiger partial charge in [-0.1, -0.05) is 72.8 Å². The average molecular weight is 355 g/mol. The molecule has 0 saturated heterocycles. The van der Waals surface area contributed by atoms with E-state index >= 15 is 0 Å². The lowest BCUT2D eigenvalue weighted by Gasteiger charge is -2.32. The Balaban J connectivity index is 1.65. The molecular formula is C22H17N3S. The van der Waals surface area contributed by atoms with Crippen LogP contribution in [-0.4, -0.2) is 15.2 Å². The number of allylic oxidation sites excluding steroid dienone is 1. The van der Waals surface area contributed by atoms with Gasteiger partial charge >= 0.3 is 0 Å². The van der Waals surface area contributed by atoms with Gasteiger partial charge in [0.2, 0.25) is 0 Å². The maximum Gasteiger partial charge on any atom is 0.0995 e. The minimum Gasteiger partial charge on any atom is -0.281 e. The minimum atomic E-state index is -0.255. The van der Waals surface area contributed by atoms with Gasteiger partial charge in [-0.05, 0) is 5.56 Å². The number of hydrogen-bond donors (Lipinski definition) is 1. The predicted octanol–water partition coefficient (Wildman–Crippen LogP) is 5.09. The summed E-state index contributed by atoms with van der Waals surface area (Å²) in [6.07, 6.45) is 5.32. The second kappa shape index (κ2) is 6.07. The fourth-order valence-corrected chi connectivity index (χ4v) is 4.41. The van der Waals surface area contributed by atoms with E-state index in [9.17, 15) is 0 Å². The van der Waals surface area contributed by atoms with Crippen LogP contribution in [-0.2, 0) is 11.8 Å². The Labute approximate surface area is 156 Å². The molecule has 1 N–H and O–H groups in total. The van der Waals surface area contributed by atoms with Gasteiger partial charge in [0.05, 0.1) is 22.3 Å². The second-order valence-electron chi connectivity index (χ2n) is 6.55. The number of H-pyrrole nitrogens is 1. The number of aromatic nitrogens is 3. The first-order chi connectivity index (χ1) is 12.9.